The highest BCUT2D eigenvalue weighted by Crippen LogP contribution is 2.37. The Bertz CT molecular complexity index is 996. The summed E-state index contributed by atoms with van der Waals surface area (Å²) in [4.78, 5) is 3.68. The molecule has 2 N–H and O–H groups in total. The zero-order valence-electron chi connectivity index (χ0n) is 15.7. The average molecular weight is 403 g/mol. The van der Waals surface area contributed by atoms with E-state index in [2.05, 4.69) is 27.8 Å². The smallest absolute Gasteiger partial charge is 0.384 e. The molecule has 0 unspecified atom stereocenters. The Morgan fingerprint density at radius 2 is 1.72 bits per heavy atom. The van der Waals surface area contributed by atoms with E-state index in [4.69, 9.17) is 0 Å². The van der Waals surface area contributed by atoms with E-state index in [-0.39, 0.29) is 16.6 Å². The van der Waals surface area contributed by atoms with Crippen molar-refractivity contribution < 1.29 is 17.6 Å². The van der Waals surface area contributed by atoms with Crippen LogP contribution in [0.3, 0.4) is 0 Å². The second kappa shape index (κ2) is 7.63. The molecular formula is C22H21F4N3. The SMILES string of the molecule is Fc1ccc2nc(C(F)(F)F)cc(NCC3(c4ccccc4)CCNCC3)c2c1. The molecule has 0 amide bonds. The van der Waals surface area contributed by atoms with Crippen molar-refractivity contribution in [2.24, 2.45) is 0 Å². The third-order valence-corrected chi connectivity index (χ3v) is 5.63. The lowest BCUT2D eigenvalue weighted by molar-refractivity contribution is -0.140. The average Bonchev–Trinajstić information content (AvgIpc) is 2.72. The van der Waals surface area contributed by atoms with Crippen LogP contribution in [0.4, 0.5) is 23.2 Å². The zero-order chi connectivity index (χ0) is 20.5. The normalized spacial score (nSPS) is 16.7. The number of halogens is 4. The van der Waals surface area contributed by atoms with Crippen LogP contribution < -0.4 is 10.6 Å². The molecule has 152 valence electrons. The van der Waals surface area contributed by atoms with Crippen molar-refractivity contribution in [3.63, 3.8) is 0 Å². The maximum atomic E-state index is 13.8. The van der Waals surface area contributed by atoms with Crippen molar-refractivity contribution in [3.8, 4) is 0 Å². The Labute approximate surface area is 166 Å². The van der Waals surface area contributed by atoms with Gasteiger partial charge < -0.3 is 10.6 Å². The van der Waals surface area contributed by atoms with Gasteiger partial charge in [0.05, 0.1) is 5.52 Å². The molecule has 0 saturated carbocycles. The topological polar surface area (TPSA) is 37.0 Å². The van der Waals surface area contributed by atoms with E-state index < -0.39 is 17.7 Å². The van der Waals surface area contributed by atoms with Gasteiger partial charge in [-0.05, 0) is 55.8 Å². The van der Waals surface area contributed by atoms with E-state index >= 15 is 0 Å². The van der Waals surface area contributed by atoms with Crippen molar-refractivity contribution in [3.05, 3.63) is 71.7 Å². The quantitative estimate of drug-likeness (QED) is 0.594. The number of alkyl halides is 3. The van der Waals surface area contributed by atoms with E-state index in [0.717, 1.165) is 43.6 Å². The monoisotopic (exact) mass is 403 g/mol. The summed E-state index contributed by atoms with van der Waals surface area (Å²) in [6, 6.07) is 14.6. The van der Waals surface area contributed by atoms with Gasteiger partial charge in [-0.1, -0.05) is 30.3 Å². The molecule has 2 aromatic carbocycles. The summed E-state index contributed by atoms with van der Waals surface area (Å²) in [6.45, 7) is 2.11. The lowest BCUT2D eigenvalue weighted by atomic mass is 9.73. The number of hydrogen-bond acceptors (Lipinski definition) is 3. The molecule has 0 aliphatic carbocycles. The van der Waals surface area contributed by atoms with Crippen LogP contribution in [0.25, 0.3) is 10.9 Å². The molecular weight excluding hydrogens is 382 g/mol. The first-order valence-corrected chi connectivity index (χ1v) is 9.55. The lowest BCUT2D eigenvalue weighted by Gasteiger charge is -2.39. The number of hydrogen-bond donors (Lipinski definition) is 2. The van der Waals surface area contributed by atoms with Gasteiger partial charge in [0.15, 0.2) is 0 Å². The number of aromatic nitrogens is 1. The van der Waals surface area contributed by atoms with E-state index in [0.29, 0.717) is 11.9 Å². The number of anilines is 1. The van der Waals surface area contributed by atoms with Crippen molar-refractivity contribution in [2.75, 3.05) is 25.0 Å². The predicted molar refractivity (Wildman–Crippen MR) is 105 cm³/mol. The van der Waals surface area contributed by atoms with Gasteiger partial charge >= 0.3 is 6.18 Å². The summed E-state index contributed by atoms with van der Waals surface area (Å²) in [7, 11) is 0. The van der Waals surface area contributed by atoms with Gasteiger partial charge in [-0.25, -0.2) is 9.37 Å². The first-order chi connectivity index (χ1) is 13.9. The Morgan fingerprint density at radius 3 is 2.41 bits per heavy atom. The third-order valence-electron chi connectivity index (χ3n) is 5.63. The second-order valence-corrected chi connectivity index (χ2v) is 7.46. The van der Waals surface area contributed by atoms with Crippen LogP contribution in [0.2, 0.25) is 0 Å². The highest BCUT2D eigenvalue weighted by atomic mass is 19.4. The molecule has 3 nitrogen and oxygen atoms in total. The molecule has 7 heteroatoms. The summed E-state index contributed by atoms with van der Waals surface area (Å²) in [5, 5.41) is 6.88. The highest BCUT2D eigenvalue weighted by molar-refractivity contribution is 5.91. The van der Waals surface area contributed by atoms with Crippen LogP contribution in [0.5, 0.6) is 0 Å². The van der Waals surface area contributed by atoms with E-state index in [1.807, 2.05) is 18.2 Å². The largest absolute Gasteiger partial charge is 0.433 e. The van der Waals surface area contributed by atoms with E-state index in [1.54, 1.807) is 0 Å². The zero-order valence-corrected chi connectivity index (χ0v) is 15.7. The van der Waals surface area contributed by atoms with Crippen LogP contribution in [0, 0.1) is 5.82 Å². The van der Waals surface area contributed by atoms with Crippen molar-refractivity contribution in [1.82, 2.24) is 10.3 Å². The minimum Gasteiger partial charge on any atom is -0.384 e. The molecule has 0 bridgehead atoms. The number of nitrogens with zero attached hydrogens (tertiary/aromatic N) is 1. The number of benzene rings is 2. The minimum atomic E-state index is -4.58. The molecule has 4 rings (SSSR count). The molecule has 0 spiro atoms. The van der Waals surface area contributed by atoms with Crippen LogP contribution in [-0.4, -0.2) is 24.6 Å². The summed E-state index contributed by atoms with van der Waals surface area (Å²) in [5.41, 5.74) is 0.305. The summed E-state index contributed by atoms with van der Waals surface area (Å²) in [6.07, 6.45) is -2.87. The van der Waals surface area contributed by atoms with Gasteiger partial charge in [-0.2, -0.15) is 13.2 Å². The second-order valence-electron chi connectivity index (χ2n) is 7.46. The Kier molecular flexibility index (Phi) is 5.17. The summed E-state index contributed by atoms with van der Waals surface area (Å²) >= 11 is 0. The van der Waals surface area contributed by atoms with Crippen molar-refractivity contribution >= 4 is 16.6 Å². The minimum absolute atomic E-state index is 0.114. The maximum Gasteiger partial charge on any atom is 0.433 e. The lowest BCUT2D eigenvalue weighted by Crippen LogP contribution is -2.44. The molecule has 0 radical (unpaired) electrons. The molecule has 1 aliphatic heterocycles. The molecule has 2 heterocycles. The van der Waals surface area contributed by atoms with Crippen molar-refractivity contribution in [1.29, 1.82) is 0 Å². The van der Waals surface area contributed by atoms with Gasteiger partial charge in [0.2, 0.25) is 0 Å². The Morgan fingerprint density at radius 1 is 1.00 bits per heavy atom. The fourth-order valence-electron chi connectivity index (χ4n) is 4.02. The van der Waals surface area contributed by atoms with Gasteiger partial charge in [-0.15, -0.1) is 0 Å². The fourth-order valence-corrected chi connectivity index (χ4v) is 4.02. The van der Waals surface area contributed by atoms with Gasteiger partial charge in [0.25, 0.3) is 0 Å². The van der Waals surface area contributed by atoms with Crippen molar-refractivity contribution in [2.45, 2.75) is 24.4 Å². The molecule has 29 heavy (non-hydrogen) atoms. The fraction of sp³-hybridized carbons (Fsp3) is 0.318. The van der Waals surface area contributed by atoms with Gasteiger partial charge in [-0.3, -0.25) is 0 Å². The summed E-state index contributed by atoms with van der Waals surface area (Å²) < 4.78 is 53.8. The number of nitrogens with one attached hydrogen (secondary N) is 2. The third kappa shape index (κ3) is 4.05. The first-order valence-electron chi connectivity index (χ1n) is 9.55. The van der Waals surface area contributed by atoms with E-state index in [9.17, 15) is 17.6 Å². The summed E-state index contributed by atoms with van der Waals surface area (Å²) in [5.74, 6) is -0.512. The molecule has 0 atom stereocenters. The number of pyridine rings is 1. The molecule has 1 saturated heterocycles. The molecule has 3 aromatic rings. The first kappa shape index (κ1) is 19.6. The van der Waals surface area contributed by atoms with Crippen LogP contribution in [-0.2, 0) is 11.6 Å². The van der Waals surface area contributed by atoms with Gasteiger partial charge in [0, 0.05) is 23.0 Å². The standard InChI is InChI=1S/C22H21F4N3/c23-16-6-7-18-17(12-16)19(13-20(29-18)22(24,25)26)28-14-21(8-10-27-11-9-21)15-4-2-1-3-5-15/h1-7,12-13,27H,8-11,14H2,(H,28,29). The highest BCUT2D eigenvalue weighted by Gasteiger charge is 2.35. The number of piperidine rings is 1. The van der Waals surface area contributed by atoms with E-state index in [1.165, 1.54) is 12.1 Å². The number of fused-ring (bicyclic) bond motifs is 1. The Balaban J connectivity index is 1.73. The Hall–Kier alpha value is -2.67. The number of rotatable bonds is 4. The molecule has 1 aliphatic rings. The van der Waals surface area contributed by atoms with Gasteiger partial charge in [0.1, 0.15) is 11.5 Å². The van der Waals surface area contributed by atoms with Crippen LogP contribution in [0.1, 0.15) is 24.1 Å². The molecule has 1 aromatic heterocycles. The van der Waals surface area contributed by atoms with Crippen LogP contribution in [0.15, 0.2) is 54.6 Å². The molecule has 1 fully saturated rings. The predicted octanol–water partition coefficient (Wildman–Crippen LogP) is 5.13. The maximum absolute atomic E-state index is 13.8. The van der Waals surface area contributed by atoms with Crippen LogP contribution >= 0.6 is 0 Å².